The van der Waals surface area contributed by atoms with Crippen LogP contribution in [0.4, 0.5) is 0 Å². The minimum atomic E-state index is -3.72. The van der Waals surface area contributed by atoms with Gasteiger partial charge in [0.2, 0.25) is 0 Å². The highest BCUT2D eigenvalue weighted by Gasteiger charge is 2.21. The molecule has 0 radical (unpaired) electrons. The molecule has 0 aliphatic rings. The molecular formula is C18H19N5O2S. The fourth-order valence-electron chi connectivity index (χ4n) is 2.93. The predicted octanol–water partition coefficient (Wildman–Crippen LogP) is 2.88. The van der Waals surface area contributed by atoms with E-state index < -0.39 is 10.0 Å². The Morgan fingerprint density at radius 1 is 1.12 bits per heavy atom. The van der Waals surface area contributed by atoms with Gasteiger partial charge in [-0.2, -0.15) is 0 Å². The lowest BCUT2D eigenvalue weighted by molar-refractivity contribution is 0.589. The fraction of sp³-hybridized carbons (Fsp3) is 0.222. The molecule has 0 bridgehead atoms. The largest absolute Gasteiger partial charge is 0.324 e. The molecule has 0 fully saturated rings. The van der Waals surface area contributed by atoms with E-state index in [1.807, 2.05) is 11.6 Å². The molecule has 4 aromatic rings. The van der Waals surface area contributed by atoms with Gasteiger partial charge >= 0.3 is 0 Å². The van der Waals surface area contributed by atoms with Gasteiger partial charge in [0, 0.05) is 18.1 Å². The van der Waals surface area contributed by atoms with Crippen LogP contribution in [-0.4, -0.2) is 33.6 Å². The van der Waals surface area contributed by atoms with E-state index in [9.17, 15) is 8.42 Å². The van der Waals surface area contributed by atoms with Crippen LogP contribution >= 0.6 is 0 Å². The maximum absolute atomic E-state index is 13.0. The molecule has 0 saturated heterocycles. The Bertz CT molecular complexity index is 1190. The van der Waals surface area contributed by atoms with Crippen LogP contribution in [0.25, 0.3) is 22.1 Å². The van der Waals surface area contributed by atoms with E-state index >= 15 is 0 Å². The van der Waals surface area contributed by atoms with Crippen LogP contribution in [-0.2, 0) is 10.0 Å². The highest BCUT2D eigenvalue weighted by molar-refractivity contribution is 7.90. The molecule has 4 rings (SSSR count). The minimum absolute atomic E-state index is 0.236. The predicted molar refractivity (Wildman–Crippen MR) is 101 cm³/mol. The molecule has 0 aliphatic carbocycles. The number of imidazole rings is 1. The molecule has 0 saturated carbocycles. The van der Waals surface area contributed by atoms with E-state index in [2.05, 4.69) is 22.3 Å². The summed E-state index contributed by atoms with van der Waals surface area (Å²) in [5, 5.41) is 0.735. The first-order valence-electron chi connectivity index (χ1n) is 8.41. The standard InChI is InChI=1S/C18H19N5O2S/c1-3-9-21-22-12-20-16-11-19-18-15(17(16)22)8-10-23(18)26(24,25)14-6-4-13(2)5-7-14/h4-8,10-12,21H,3,9H2,1-2H3. The maximum atomic E-state index is 13.0. The third kappa shape index (κ3) is 2.53. The third-order valence-electron chi connectivity index (χ3n) is 4.30. The van der Waals surface area contributed by atoms with Gasteiger partial charge in [-0.3, -0.25) is 0 Å². The zero-order valence-corrected chi connectivity index (χ0v) is 15.4. The number of nitrogens with zero attached hydrogens (tertiary/aromatic N) is 4. The van der Waals surface area contributed by atoms with Crippen LogP contribution in [0.1, 0.15) is 18.9 Å². The monoisotopic (exact) mass is 369 g/mol. The van der Waals surface area contributed by atoms with Gasteiger partial charge in [-0.15, -0.1) is 0 Å². The Hall–Kier alpha value is -2.87. The zero-order valence-electron chi connectivity index (χ0n) is 14.5. The smallest absolute Gasteiger partial charge is 0.269 e. The van der Waals surface area contributed by atoms with Gasteiger partial charge in [-0.05, 0) is 31.5 Å². The second-order valence-corrected chi connectivity index (χ2v) is 8.00. The molecule has 0 spiro atoms. The van der Waals surface area contributed by atoms with Crippen LogP contribution in [0.2, 0.25) is 0 Å². The quantitative estimate of drug-likeness (QED) is 0.585. The molecule has 8 heteroatoms. The van der Waals surface area contributed by atoms with Crippen LogP contribution in [0, 0.1) is 6.92 Å². The van der Waals surface area contributed by atoms with Crippen molar-refractivity contribution in [3.8, 4) is 0 Å². The number of aromatic nitrogens is 4. The van der Waals surface area contributed by atoms with Crippen molar-refractivity contribution in [1.29, 1.82) is 0 Å². The van der Waals surface area contributed by atoms with Crippen molar-refractivity contribution in [2.24, 2.45) is 0 Å². The Balaban J connectivity index is 1.91. The van der Waals surface area contributed by atoms with Crippen molar-refractivity contribution >= 4 is 32.1 Å². The van der Waals surface area contributed by atoms with E-state index in [0.29, 0.717) is 11.2 Å². The normalized spacial score (nSPS) is 12.1. The molecule has 0 atom stereocenters. The number of hydrogen-bond acceptors (Lipinski definition) is 5. The van der Waals surface area contributed by atoms with Crippen molar-refractivity contribution in [2.45, 2.75) is 25.2 Å². The number of rotatable bonds is 5. The molecule has 134 valence electrons. The van der Waals surface area contributed by atoms with E-state index in [1.54, 1.807) is 49.1 Å². The number of fused-ring (bicyclic) bond motifs is 3. The Morgan fingerprint density at radius 3 is 2.62 bits per heavy atom. The lowest BCUT2D eigenvalue weighted by Gasteiger charge is -2.09. The number of hydrogen-bond donors (Lipinski definition) is 1. The first-order valence-corrected chi connectivity index (χ1v) is 9.85. The van der Waals surface area contributed by atoms with E-state index in [-0.39, 0.29) is 4.90 Å². The molecule has 3 aromatic heterocycles. The zero-order chi connectivity index (χ0) is 18.3. The summed E-state index contributed by atoms with van der Waals surface area (Å²) in [5.41, 5.74) is 6.19. The molecule has 3 heterocycles. The average molecular weight is 369 g/mol. The summed E-state index contributed by atoms with van der Waals surface area (Å²) in [6.45, 7) is 4.79. The van der Waals surface area contributed by atoms with Crippen LogP contribution < -0.4 is 5.43 Å². The van der Waals surface area contributed by atoms with E-state index in [0.717, 1.165) is 29.4 Å². The second-order valence-electron chi connectivity index (χ2n) is 6.18. The van der Waals surface area contributed by atoms with Crippen molar-refractivity contribution < 1.29 is 8.42 Å². The number of nitrogens with one attached hydrogen (secondary N) is 1. The summed E-state index contributed by atoms with van der Waals surface area (Å²) in [7, 11) is -3.72. The third-order valence-corrected chi connectivity index (χ3v) is 5.98. The highest BCUT2D eigenvalue weighted by atomic mass is 32.2. The fourth-order valence-corrected chi connectivity index (χ4v) is 4.24. The first-order chi connectivity index (χ1) is 12.5. The minimum Gasteiger partial charge on any atom is -0.324 e. The molecule has 26 heavy (non-hydrogen) atoms. The van der Waals surface area contributed by atoms with Crippen LogP contribution in [0.3, 0.4) is 0 Å². The van der Waals surface area contributed by atoms with Crippen molar-refractivity contribution in [2.75, 3.05) is 12.0 Å². The second kappa shape index (κ2) is 6.14. The average Bonchev–Trinajstić information content (AvgIpc) is 3.24. The van der Waals surface area contributed by atoms with Crippen molar-refractivity contribution in [3.63, 3.8) is 0 Å². The molecule has 0 aliphatic heterocycles. The SMILES string of the molecule is CCCNn1cnc2cnc3c(ccn3S(=O)(=O)c3ccc(C)cc3)c21. The summed E-state index contributed by atoms with van der Waals surface area (Å²) in [6, 6.07) is 8.56. The molecule has 7 nitrogen and oxygen atoms in total. The summed E-state index contributed by atoms with van der Waals surface area (Å²) in [6.07, 6.45) is 5.80. The van der Waals surface area contributed by atoms with Crippen LogP contribution in [0.15, 0.2) is 53.9 Å². The summed E-state index contributed by atoms with van der Waals surface area (Å²) in [4.78, 5) is 8.93. The van der Waals surface area contributed by atoms with Gasteiger partial charge in [-0.1, -0.05) is 24.6 Å². The lowest BCUT2D eigenvalue weighted by atomic mass is 10.2. The maximum Gasteiger partial charge on any atom is 0.269 e. The Kier molecular flexibility index (Phi) is 3.91. The van der Waals surface area contributed by atoms with Crippen molar-refractivity contribution in [1.82, 2.24) is 18.6 Å². The summed E-state index contributed by atoms with van der Waals surface area (Å²) >= 11 is 0. The van der Waals surface area contributed by atoms with Gasteiger partial charge < -0.3 is 5.43 Å². The molecule has 0 amide bonds. The van der Waals surface area contributed by atoms with Crippen LogP contribution in [0.5, 0.6) is 0 Å². The molecular weight excluding hydrogens is 350 g/mol. The van der Waals surface area contributed by atoms with Crippen molar-refractivity contribution in [3.05, 3.63) is 54.6 Å². The van der Waals surface area contributed by atoms with Gasteiger partial charge in [-0.25, -0.2) is 27.0 Å². The summed E-state index contributed by atoms with van der Waals surface area (Å²) in [5.74, 6) is 0. The highest BCUT2D eigenvalue weighted by Crippen LogP contribution is 2.26. The Morgan fingerprint density at radius 2 is 1.88 bits per heavy atom. The number of benzene rings is 1. The molecule has 1 aromatic carbocycles. The van der Waals surface area contributed by atoms with E-state index in [1.165, 1.54) is 3.97 Å². The van der Waals surface area contributed by atoms with Gasteiger partial charge in [0.25, 0.3) is 10.0 Å². The van der Waals surface area contributed by atoms with Gasteiger partial charge in [0.1, 0.15) is 17.4 Å². The lowest BCUT2D eigenvalue weighted by Crippen LogP contribution is -2.14. The van der Waals surface area contributed by atoms with Gasteiger partial charge in [0.05, 0.1) is 11.1 Å². The number of pyridine rings is 1. The van der Waals surface area contributed by atoms with E-state index in [4.69, 9.17) is 0 Å². The first kappa shape index (κ1) is 16.6. The van der Waals surface area contributed by atoms with Gasteiger partial charge in [0.15, 0.2) is 5.65 Å². The summed E-state index contributed by atoms with van der Waals surface area (Å²) < 4.78 is 29.1. The number of aryl methyl sites for hydroxylation is 1. The Labute approximate surface area is 151 Å². The topological polar surface area (TPSA) is 81.8 Å². The molecule has 0 unspecified atom stereocenters. The molecule has 1 N–H and O–H groups in total.